The molecule has 3 heteroatoms. The maximum absolute atomic E-state index is 4.62. The van der Waals surface area contributed by atoms with Gasteiger partial charge in [-0.05, 0) is 29.7 Å². The summed E-state index contributed by atoms with van der Waals surface area (Å²) in [5.41, 5.74) is 6.13. The molecule has 0 aliphatic rings. The van der Waals surface area contributed by atoms with Crippen LogP contribution in [-0.4, -0.2) is 9.38 Å². The Morgan fingerprint density at radius 1 is 1.09 bits per heavy atom. The Labute approximate surface area is 129 Å². The molecule has 0 aliphatic heterocycles. The number of fused-ring (bicyclic) bond motifs is 3. The lowest BCUT2D eigenvalue weighted by Gasteiger charge is -2.11. The molecule has 108 valence electrons. The van der Waals surface area contributed by atoms with Gasteiger partial charge in [-0.2, -0.15) is 4.40 Å². The number of rotatable bonds is 2. The molecule has 0 N–H and O–H groups in total. The van der Waals surface area contributed by atoms with Crippen LogP contribution in [0.4, 0.5) is 0 Å². The minimum Gasteiger partial charge on any atom is -0.232 e. The summed E-state index contributed by atoms with van der Waals surface area (Å²) in [6, 6.07) is 14.8. The number of imidazole rings is 1. The predicted octanol–water partition coefficient (Wildman–Crippen LogP) is 3.54. The first-order chi connectivity index (χ1) is 10.8. The number of hydrogen-bond acceptors (Lipinski definition) is 1. The molecule has 3 heterocycles. The predicted molar refractivity (Wildman–Crippen MR) is 88.7 cm³/mol. The summed E-state index contributed by atoms with van der Waals surface area (Å²) in [6.07, 6.45) is 7.03. The highest BCUT2D eigenvalue weighted by Crippen LogP contribution is 2.32. The van der Waals surface area contributed by atoms with Gasteiger partial charge in [0.1, 0.15) is 12.4 Å². The highest BCUT2D eigenvalue weighted by atomic mass is 15.1. The van der Waals surface area contributed by atoms with Crippen molar-refractivity contribution >= 4 is 16.7 Å². The number of hydrogen-bond donors (Lipinski definition) is 0. The van der Waals surface area contributed by atoms with Gasteiger partial charge >= 0.3 is 0 Å². The summed E-state index contributed by atoms with van der Waals surface area (Å²) < 4.78 is 4.37. The first-order valence-corrected chi connectivity index (χ1v) is 7.63. The molecule has 0 aliphatic carbocycles. The van der Waals surface area contributed by atoms with Crippen molar-refractivity contribution in [3.63, 3.8) is 0 Å². The zero-order chi connectivity index (χ0) is 15.1. The van der Waals surface area contributed by atoms with Crippen LogP contribution >= 0.6 is 0 Å². The van der Waals surface area contributed by atoms with E-state index in [2.05, 4.69) is 76.7 Å². The molecule has 0 saturated heterocycles. The van der Waals surface area contributed by atoms with Gasteiger partial charge < -0.3 is 0 Å². The Hall–Kier alpha value is -2.68. The van der Waals surface area contributed by atoms with E-state index in [9.17, 15) is 0 Å². The quantitative estimate of drug-likeness (QED) is 0.517. The highest BCUT2D eigenvalue weighted by Gasteiger charge is 2.23. The normalized spacial score (nSPS) is 11.4. The molecule has 0 atom stereocenters. The summed E-state index contributed by atoms with van der Waals surface area (Å²) in [6.45, 7) is 2.22. The van der Waals surface area contributed by atoms with E-state index in [1.807, 2.05) is 12.3 Å². The van der Waals surface area contributed by atoms with Gasteiger partial charge in [-0.3, -0.25) is 0 Å². The molecular weight excluding hydrogens is 270 g/mol. The third kappa shape index (κ3) is 1.75. The van der Waals surface area contributed by atoms with Gasteiger partial charge in [-0.25, -0.2) is 9.55 Å². The fraction of sp³-hybridized carbons (Fsp3) is 0.158. The summed E-state index contributed by atoms with van der Waals surface area (Å²) in [5.74, 6) is 0. The van der Waals surface area contributed by atoms with E-state index in [0.29, 0.717) is 0 Å². The van der Waals surface area contributed by atoms with Crippen molar-refractivity contribution in [2.75, 3.05) is 0 Å². The SMILES string of the molecule is CCc1c(-c2ccccc2)c2n(cc[n+]2C)c2ncccc12. The van der Waals surface area contributed by atoms with Gasteiger partial charge in [0.25, 0.3) is 5.65 Å². The van der Waals surface area contributed by atoms with Gasteiger partial charge in [0, 0.05) is 11.6 Å². The Morgan fingerprint density at radius 3 is 2.68 bits per heavy atom. The lowest BCUT2D eigenvalue weighted by Crippen LogP contribution is -2.27. The molecule has 0 spiro atoms. The highest BCUT2D eigenvalue weighted by molar-refractivity contribution is 5.93. The molecule has 4 aromatic rings. The summed E-state index contributed by atoms with van der Waals surface area (Å²) in [7, 11) is 2.09. The number of aryl methyl sites for hydroxylation is 2. The van der Waals surface area contributed by atoms with Gasteiger partial charge in [-0.15, -0.1) is 0 Å². The summed E-state index contributed by atoms with van der Waals surface area (Å²) in [5, 5.41) is 1.23. The Kier molecular flexibility index (Phi) is 2.93. The third-order valence-electron chi connectivity index (χ3n) is 4.28. The van der Waals surface area contributed by atoms with Crippen LogP contribution in [0.5, 0.6) is 0 Å². The smallest absolute Gasteiger partial charge is 0.232 e. The molecule has 1 aromatic carbocycles. The van der Waals surface area contributed by atoms with Crippen LogP contribution in [0, 0.1) is 0 Å². The van der Waals surface area contributed by atoms with Crippen molar-refractivity contribution in [2.24, 2.45) is 7.05 Å². The Bertz CT molecular complexity index is 968. The van der Waals surface area contributed by atoms with Crippen molar-refractivity contribution in [3.8, 4) is 11.1 Å². The fourth-order valence-corrected chi connectivity index (χ4v) is 3.32. The van der Waals surface area contributed by atoms with E-state index >= 15 is 0 Å². The van der Waals surface area contributed by atoms with Gasteiger partial charge in [0.15, 0.2) is 0 Å². The molecule has 0 radical (unpaired) electrons. The van der Waals surface area contributed by atoms with Crippen LogP contribution in [0.2, 0.25) is 0 Å². The largest absolute Gasteiger partial charge is 0.296 e. The summed E-state index contributed by atoms with van der Waals surface area (Å²) >= 11 is 0. The van der Waals surface area contributed by atoms with Crippen molar-refractivity contribution in [3.05, 3.63) is 66.6 Å². The maximum atomic E-state index is 4.62. The van der Waals surface area contributed by atoms with Gasteiger partial charge in [0.2, 0.25) is 5.65 Å². The van der Waals surface area contributed by atoms with E-state index in [4.69, 9.17) is 0 Å². The lowest BCUT2D eigenvalue weighted by molar-refractivity contribution is -0.644. The topological polar surface area (TPSA) is 21.2 Å². The minimum absolute atomic E-state index is 0.980. The van der Waals surface area contributed by atoms with E-state index in [1.165, 1.54) is 27.7 Å². The third-order valence-corrected chi connectivity index (χ3v) is 4.28. The Balaban J connectivity index is 2.28. The zero-order valence-corrected chi connectivity index (χ0v) is 12.8. The number of pyridine rings is 2. The number of aromatic nitrogens is 3. The first kappa shape index (κ1) is 13.0. The second kappa shape index (κ2) is 4.95. The minimum atomic E-state index is 0.980. The monoisotopic (exact) mass is 288 g/mol. The fourth-order valence-electron chi connectivity index (χ4n) is 3.32. The zero-order valence-electron chi connectivity index (χ0n) is 12.8. The lowest BCUT2D eigenvalue weighted by atomic mass is 9.96. The number of benzene rings is 1. The van der Waals surface area contributed by atoms with E-state index < -0.39 is 0 Å². The van der Waals surface area contributed by atoms with Gasteiger partial charge in [-0.1, -0.05) is 37.3 Å². The molecule has 4 rings (SSSR count). The molecule has 0 saturated carbocycles. The second-order valence-electron chi connectivity index (χ2n) is 5.55. The second-order valence-corrected chi connectivity index (χ2v) is 5.55. The van der Waals surface area contributed by atoms with Crippen LogP contribution in [0.25, 0.3) is 27.8 Å². The standard InChI is InChI=1S/C19H18N3/c1-3-15-16-10-7-11-20-18(16)22-13-12-21(2)19(22)17(15)14-8-5-4-6-9-14/h4-13H,3H2,1-2H3/q+1. The molecule has 3 aromatic heterocycles. The maximum Gasteiger partial charge on any atom is 0.296 e. The van der Waals surface area contributed by atoms with E-state index in [-0.39, 0.29) is 0 Å². The van der Waals surface area contributed by atoms with Crippen molar-refractivity contribution in [1.82, 2.24) is 9.38 Å². The van der Waals surface area contributed by atoms with Crippen LogP contribution in [0.1, 0.15) is 12.5 Å². The van der Waals surface area contributed by atoms with Crippen LogP contribution in [0.15, 0.2) is 61.1 Å². The molecule has 0 unspecified atom stereocenters. The summed E-state index contributed by atoms with van der Waals surface area (Å²) in [4.78, 5) is 4.62. The first-order valence-electron chi connectivity index (χ1n) is 7.63. The molecule has 3 nitrogen and oxygen atoms in total. The van der Waals surface area contributed by atoms with Gasteiger partial charge in [0.05, 0.1) is 12.6 Å². The van der Waals surface area contributed by atoms with Crippen LogP contribution < -0.4 is 4.57 Å². The van der Waals surface area contributed by atoms with Crippen molar-refractivity contribution in [1.29, 1.82) is 0 Å². The molecule has 0 bridgehead atoms. The Morgan fingerprint density at radius 2 is 1.91 bits per heavy atom. The molecule has 0 amide bonds. The average molecular weight is 288 g/mol. The van der Waals surface area contributed by atoms with Crippen LogP contribution in [-0.2, 0) is 13.5 Å². The van der Waals surface area contributed by atoms with Crippen LogP contribution in [0.3, 0.4) is 0 Å². The van der Waals surface area contributed by atoms with Crippen molar-refractivity contribution in [2.45, 2.75) is 13.3 Å². The molecular formula is C19H18N3+. The van der Waals surface area contributed by atoms with Crippen molar-refractivity contribution < 1.29 is 4.57 Å². The van der Waals surface area contributed by atoms with E-state index in [0.717, 1.165) is 12.1 Å². The molecule has 22 heavy (non-hydrogen) atoms. The van der Waals surface area contributed by atoms with E-state index in [1.54, 1.807) is 0 Å². The average Bonchev–Trinajstić information content (AvgIpc) is 2.96. The number of nitrogens with zero attached hydrogens (tertiary/aromatic N) is 3. The molecule has 0 fully saturated rings.